The van der Waals surface area contributed by atoms with Gasteiger partial charge in [-0.05, 0) is 36.4 Å². The monoisotopic (exact) mass is 267 g/mol. The highest BCUT2D eigenvalue weighted by Gasteiger charge is 2.04. The van der Waals surface area contributed by atoms with Crippen molar-refractivity contribution in [3.63, 3.8) is 0 Å². The molecule has 5 heteroatoms. The Morgan fingerprint density at radius 1 is 1.15 bits per heavy atom. The number of nitrogens with zero attached hydrogens (tertiary/aromatic N) is 2. The average Bonchev–Trinajstić information content (AvgIpc) is 2.87. The second kappa shape index (κ2) is 4.77. The van der Waals surface area contributed by atoms with Crippen LogP contribution in [0.25, 0.3) is 10.9 Å². The van der Waals surface area contributed by atoms with E-state index in [0.29, 0.717) is 5.69 Å². The third kappa shape index (κ3) is 2.25. The van der Waals surface area contributed by atoms with Crippen LogP contribution >= 0.6 is 0 Å². The lowest BCUT2D eigenvalue weighted by atomic mass is 10.2. The van der Waals surface area contributed by atoms with Crippen LogP contribution in [0.2, 0.25) is 0 Å². The fourth-order valence-electron chi connectivity index (χ4n) is 2.12. The van der Waals surface area contributed by atoms with E-state index in [-0.39, 0.29) is 0 Å². The van der Waals surface area contributed by atoms with Gasteiger partial charge in [0.25, 0.3) is 0 Å². The SMILES string of the molecule is CN(C)c1ccc(Nc2cc3[nH]ncc3cc2N)cc1. The topological polar surface area (TPSA) is 70.0 Å². The smallest absolute Gasteiger partial charge is 0.0672 e. The number of aromatic nitrogens is 2. The van der Waals surface area contributed by atoms with E-state index < -0.39 is 0 Å². The zero-order valence-electron chi connectivity index (χ0n) is 11.5. The van der Waals surface area contributed by atoms with Crippen LogP contribution in [-0.4, -0.2) is 24.3 Å². The summed E-state index contributed by atoms with van der Waals surface area (Å²) in [7, 11) is 4.04. The summed E-state index contributed by atoms with van der Waals surface area (Å²) in [5, 5.41) is 11.3. The van der Waals surface area contributed by atoms with Crippen LogP contribution in [0.3, 0.4) is 0 Å². The Morgan fingerprint density at radius 3 is 2.60 bits per heavy atom. The molecule has 4 N–H and O–H groups in total. The van der Waals surface area contributed by atoms with Crippen molar-refractivity contribution < 1.29 is 0 Å². The lowest BCUT2D eigenvalue weighted by molar-refractivity contribution is 1.12. The number of nitrogen functional groups attached to an aromatic ring is 1. The number of hydrogen-bond acceptors (Lipinski definition) is 4. The zero-order valence-corrected chi connectivity index (χ0v) is 11.5. The van der Waals surface area contributed by atoms with Crippen LogP contribution in [-0.2, 0) is 0 Å². The maximum Gasteiger partial charge on any atom is 0.0672 e. The third-order valence-corrected chi connectivity index (χ3v) is 3.27. The molecule has 0 aliphatic rings. The van der Waals surface area contributed by atoms with Crippen LogP contribution in [0.5, 0.6) is 0 Å². The van der Waals surface area contributed by atoms with E-state index in [1.54, 1.807) is 6.20 Å². The van der Waals surface area contributed by atoms with Gasteiger partial charge >= 0.3 is 0 Å². The molecule has 20 heavy (non-hydrogen) atoms. The van der Waals surface area contributed by atoms with Gasteiger partial charge in [-0.15, -0.1) is 0 Å². The fourth-order valence-corrected chi connectivity index (χ4v) is 2.12. The van der Waals surface area contributed by atoms with E-state index in [9.17, 15) is 0 Å². The Labute approximate surface area is 117 Å². The van der Waals surface area contributed by atoms with Crippen LogP contribution in [0.15, 0.2) is 42.6 Å². The first-order valence-electron chi connectivity index (χ1n) is 6.40. The number of anilines is 4. The second-order valence-corrected chi connectivity index (χ2v) is 4.96. The average molecular weight is 267 g/mol. The third-order valence-electron chi connectivity index (χ3n) is 3.27. The number of fused-ring (bicyclic) bond motifs is 1. The molecular formula is C15H17N5. The van der Waals surface area contributed by atoms with Gasteiger partial charge in [0.05, 0.1) is 23.1 Å². The quantitative estimate of drug-likeness (QED) is 0.638. The van der Waals surface area contributed by atoms with Crippen molar-refractivity contribution in [3.05, 3.63) is 42.6 Å². The van der Waals surface area contributed by atoms with Gasteiger partial charge in [-0.1, -0.05) is 0 Å². The molecule has 0 fully saturated rings. The van der Waals surface area contributed by atoms with Crippen LogP contribution < -0.4 is 16.0 Å². The maximum atomic E-state index is 6.06. The standard InChI is InChI=1S/C15H17N5/c1-20(2)12-5-3-11(4-6-12)18-15-8-14-10(7-13(15)16)9-17-19-14/h3-9,18H,16H2,1-2H3,(H,17,19). The molecule has 1 aromatic heterocycles. The van der Waals surface area contributed by atoms with E-state index in [0.717, 1.165) is 28.0 Å². The summed E-state index contributed by atoms with van der Waals surface area (Å²) in [5.41, 5.74) is 10.8. The molecule has 0 amide bonds. The van der Waals surface area contributed by atoms with E-state index in [2.05, 4.69) is 32.5 Å². The molecule has 0 saturated heterocycles. The number of nitrogens with one attached hydrogen (secondary N) is 2. The molecule has 0 aliphatic carbocycles. The molecule has 2 aromatic carbocycles. The van der Waals surface area contributed by atoms with Crippen molar-refractivity contribution in [3.8, 4) is 0 Å². The summed E-state index contributed by atoms with van der Waals surface area (Å²) < 4.78 is 0. The number of hydrogen-bond donors (Lipinski definition) is 3. The number of rotatable bonds is 3. The Morgan fingerprint density at radius 2 is 1.90 bits per heavy atom. The predicted octanol–water partition coefficient (Wildman–Crippen LogP) is 2.95. The van der Waals surface area contributed by atoms with Crippen LogP contribution in [0, 0.1) is 0 Å². The molecule has 3 aromatic rings. The van der Waals surface area contributed by atoms with Crippen LogP contribution in [0.1, 0.15) is 0 Å². The Kier molecular flexibility index (Phi) is 2.95. The minimum Gasteiger partial charge on any atom is -0.397 e. The second-order valence-electron chi connectivity index (χ2n) is 4.96. The lowest BCUT2D eigenvalue weighted by Crippen LogP contribution is -2.08. The van der Waals surface area contributed by atoms with E-state index in [4.69, 9.17) is 5.73 Å². The Bertz CT molecular complexity index is 728. The molecule has 0 radical (unpaired) electrons. The normalized spacial score (nSPS) is 10.7. The molecule has 1 heterocycles. The zero-order chi connectivity index (χ0) is 14.1. The van der Waals surface area contributed by atoms with Gasteiger partial charge in [-0.3, -0.25) is 5.10 Å². The van der Waals surface area contributed by atoms with E-state index >= 15 is 0 Å². The van der Waals surface area contributed by atoms with Gasteiger partial charge in [0, 0.05) is 30.9 Å². The molecule has 3 rings (SSSR count). The first-order chi connectivity index (χ1) is 9.63. The van der Waals surface area contributed by atoms with Crippen molar-refractivity contribution in [1.82, 2.24) is 10.2 Å². The van der Waals surface area contributed by atoms with Gasteiger partial charge in [0.1, 0.15) is 0 Å². The molecule has 0 unspecified atom stereocenters. The van der Waals surface area contributed by atoms with Gasteiger partial charge in [-0.25, -0.2) is 0 Å². The molecule has 0 atom stereocenters. The van der Waals surface area contributed by atoms with Gasteiger partial charge in [0.2, 0.25) is 0 Å². The van der Waals surface area contributed by atoms with Crippen molar-refractivity contribution in [2.24, 2.45) is 0 Å². The van der Waals surface area contributed by atoms with E-state index in [1.807, 2.05) is 38.4 Å². The summed E-state index contributed by atoms with van der Waals surface area (Å²) in [4.78, 5) is 2.06. The molecule has 5 nitrogen and oxygen atoms in total. The van der Waals surface area contributed by atoms with E-state index in [1.165, 1.54) is 0 Å². The summed E-state index contributed by atoms with van der Waals surface area (Å²) in [6, 6.07) is 12.1. The minimum absolute atomic E-state index is 0.704. The highest BCUT2D eigenvalue weighted by atomic mass is 15.1. The molecular weight excluding hydrogens is 250 g/mol. The van der Waals surface area contributed by atoms with Crippen LogP contribution in [0.4, 0.5) is 22.7 Å². The molecule has 0 spiro atoms. The Hall–Kier alpha value is -2.69. The molecule has 102 valence electrons. The fraction of sp³-hybridized carbons (Fsp3) is 0.133. The number of aromatic amines is 1. The molecule has 0 aliphatic heterocycles. The Balaban J connectivity index is 1.90. The summed E-state index contributed by atoms with van der Waals surface area (Å²) in [6.45, 7) is 0. The lowest BCUT2D eigenvalue weighted by Gasteiger charge is -2.14. The number of H-pyrrole nitrogens is 1. The molecule has 0 saturated carbocycles. The van der Waals surface area contributed by atoms with Crippen molar-refractivity contribution in [2.45, 2.75) is 0 Å². The van der Waals surface area contributed by atoms with Gasteiger partial charge in [-0.2, -0.15) is 5.10 Å². The van der Waals surface area contributed by atoms with Crippen molar-refractivity contribution in [2.75, 3.05) is 30.0 Å². The largest absolute Gasteiger partial charge is 0.397 e. The summed E-state index contributed by atoms with van der Waals surface area (Å²) in [6.07, 6.45) is 1.77. The number of benzene rings is 2. The first-order valence-corrected chi connectivity index (χ1v) is 6.40. The van der Waals surface area contributed by atoms with Crippen molar-refractivity contribution >= 4 is 33.7 Å². The predicted molar refractivity (Wildman–Crippen MR) is 84.6 cm³/mol. The maximum absolute atomic E-state index is 6.06. The summed E-state index contributed by atoms with van der Waals surface area (Å²) >= 11 is 0. The molecule has 0 bridgehead atoms. The highest BCUT2D eigenvalue weighted by molar-refractivity contribution is 5.90. The van der Waals surface area contributed by atoms with Crippen molar-refractivity contribution in [1.29, 1.82) is 0 Å². The van der Waals surface area contributed by atoms with Gasteiger partial charge < -0.3 is 16.0 Å². The first kappa shape index (κ1) is 12.3. The minimum atomic E-state index is 0.704. The summed E-state index contributed by atoms with van der Waals surface area (Å²) in [5.74, 6) is 0. The number of nitrogens with two attached hydrogens (primary N) is 1. The van der Waals surface area contributed by atoms with Gasteiger partial charge in [0.15, 0.2) is 0 Å². The highest BCUT2D eigenvalue weighted by Crippen LogP contribution is 2.28.